The van der Waals surface area contributed by atoms with Gasteiger partial charge in [0.25, 0.3) is 0 Å². The zero-order valence-electron chi connectivity index (χ0n) is 13.1. The van der Waals surface area contributed by atoms with Crippen LogP contribution in [-0.2, 0) is 0 Å². The molecule has 3 fully saturated rings. The average molecular weight is 264 g/mol. The maximum absolute atomic E-state index is 3.56. The molecule has 0 bridgehead atoms. The minimum Gasteiger partial charge on any atom is -0.316 e. The summed E-state index contributed by atoms with van der Waals surface area (Å²) in [6.45, 7) is 12.6. The van der Waals surface area contributed by atoms with Crippen LogP contribution in [0.5, 0.6) is 0 Å². The SMILES string of the molecule is CCC(C)(C)C1CCC(N2C[C@H]3CNC[C@H]3C2)CC1. The minimum absolute atomic E-state index is 0.566. The molecule has 3 aliphatic rings. The van der Waals surface area contributed by atoms with Crippen molar-refractivity contribution in [1.82, 2.24) is 10.2 Å². The molecular weight excluding hydrogens is 232 g/mol. The van der Waals surface area contributed by atoms with Crippen LogP contribution in [0.25, 0.3) is 0 Å². The van der Waals surface area contributed by atoms with E-state index in [0.29, 0.717) is 5.41 Å². The molecule has 1 aliphatic carbocycles. The predicted octanol–water partition coefficient (Wildman–Crippen LogP) is 3.13. The van der Waals surface area contributed by atoms with Gasteiger partial charge in [-0.3, -0.25) is 4.90 Å². The van der Waals surface area contributed by atoms with Crippen LogP contribution in [-0.4, -0.2) is 37.1 Å². The quantitative estimate of drug-likeness (QED) is 0.842. The highest BCUT2D eigenvalue weighted by Gasteiger charge is 2.40. The molecule has 0 unspecified atom stereocenters. The van der Waals surface area contributed by atoms with Crippen LogP contribution in [0.15, 0.2) is 0 Å². The monoisotopic (exact) mass is 264 g/mol. The van der Waals surface area contributed by atoms with E-state index in [4.69, 9.17) is 0 Å². The van der Waals surface area contributed by atoms with E-state index in [1.165, 1.54) is 58.3 Å². The van der Waals surface area contributed by atoms with E-state index in [9.17, 15) is 0 Å². The fraction of sp³-hybridized carbons (Fsp3) is 1.00. The lowest BCUT2D eigenvalue weighted by molar-refractivity contribution is 0.0936. The van der Waals surface area contributed by atoms with Crippen molar-refractivity contribution in [2.45, 2.75) is 58.9 Å². The Kier molecular flexibility index (Phi) is 3.92. The summed E-state index contributed by atoms with van der Waals surface area (Å²) in [7, 11) is 0. The normalized spacial score (nSPS) is 40.6. The smallest absolute Gasteiger partial charge is 0.00957 e. The molecule has 2 heterocycles. The molecular formula is C17H32N2. The summed E-state index contributed by atoms with van der Waals surface area (Å²) in [4.78, 5) is 2.84. The summed E-state index contributed by atoms with van der Waals surface area (Å²) in [5.41, 5.74) is 0.566. The summed E-state index contributed by atoms with van der Waals surface area (Å²) in [6, 6.07) is 0.912. The zero-order valence-corrected chi connectivity index (χ0v) is 13.1. The predicted molar refractivity (Wildman–Crippen MR) is 81.2 cm³/mol. The second-order valence-electron chi connectivity index (χ2n) is 7.98. The van der Waals surface area contributed by atoms with Crippen LogP contribution in [0.1, 0.15) is 52.9 Å². The third kappa shape index (κ3) is 2.71. The first-order valence-corrected chi connectivity index (χ1v) is 8.55. The summed E-state index contributed by atoms with van der Waals surface area (Å²) >= 11 is 0. The van der Waals surface area contributed by atoms with E-state index >= 15 is 0 Å². The topological polar surface area (TPSA) is 15.3 Å². The molecule has 0 spiro atoms. The van der Waals surface area contributed by atoms with Crippen molar-refractivity contribution in [1.29, 1.82) is 0 Å². The first kappa shape index (κ1) is 13.9. The van der Waals surface area contributed by atoms with Gasteiger partial charge in [0.1, 0.15) is 0 Å². The van der Waals surface area contributed by atoms with E-state index < -0.39 is 0 Å². The van der Waals surface area contributed by atoms with Crippen molar-refractivity contribution < 1.29 is 0 Å². The molecule has 2 heteroatoms. The van der Waals surface area contributed by atoms with Crippen LogP contribution in [0.2, 0.25) is 0 Å². The van der Waals surface area contributed by atoms with Crippen LogP contribution >= 0.6 is 0 Å². The van der Waals surface area contributed by atoms with Crippen LogP contribution < -0.4 is 5.32 Å². The number of nitrogens with one attached hydrogen (secondary N) is 1. The van der Waals surface area contributed by atoms with Crippen molar-refractivity contribution in [2.24, 2.45) is 23.2 Å². The lowest BCUT2D eigenvalue weighted by Gasteiger charge is -2.41. The van der Waals surface area contributed by atoms with Gasteiger partial charge < -0.3 is 5.32 Å². The molecule has 0 amide bonds. The molecule has 0 aromatic carbocycles. The molecule has 2 saturated heterocycles. The van der Waals surface area contributed by atoms with Crippen LogP contribution in [0, 0.1) is 23.2 Å². The second kappa shape index (κ2) is 5.37. The van der Waals surface area contributed by atoms with Gasteiger partial charge in [0.2, 0.25) is 0 Å². The van der Waals surface area contributed by atoms with Gasteiger partial charge >= 0.3 is 0 Å². The van der Waals surface area contributed by atoms with Gasteiger partial charge in [-0.15, -0.1) is 0 Å². The van der Waals surface area contributed by atoms with Crippen molar-refractivity contribution >= 4 is 0 Å². The van der Waals surface area contributed by atoms with Gasteiger partial charge in [0.15, 0.2) is 0 Å². The fourth-order valence-corrected chi connectivity index (χ4v) is 4.70. The largest absolute Gasteiger partial charge is 0.316 e. The summed E-state index contributed by atoms with van der Waals surface area (Å²) in [5.74, 6) is 2.90. The Balaban J connectivity index is 1.51. The summed E-state index contributed by atoms with van der Waals surface area (Å²) in [5, 5.41) is 3.56. The van der Waals surface area contributed by atoms with Gasteiger partial charge in [0, 0.05) is 19.1 Å². The molecule has 0 aromatic heterocycles. The zero-order chi connectivity index (χ0) is 13.5. The Hall–Kier alpha value is -0.0800. The van der Waals surface area contributed by atoms with Crippen molar-refractivity contribution in [3.63, 3.8) is 0 Å². The molecule has 2 atom stereocenters. The maximum atomic E-state index is 3.56. The molecule has 1 N–H and O–H groups in total. The van der Waals surface area contributed by atoms with Gasteiger partial charge in [-0.1, -0.05) is 27.2 Å². The molecule has 3 rings (SSSR count). The first-order chi connectivity index (χ1) is 9.10. The third-order valence-corrected chi connectivity index (χ3v) is 6.65. The van der Waals surface area contributed by atoms with Gasteiger partial charge in [-0.05, 0) is 61.9 Å². The van der Waals surface area contributed by atoms with E-state index in [1.807, 2.05) is 0 Å². The number of hydrogen-bond acceptors (Lipinski definition) is 2. The molecule has 2 nitrogen and oxygen atoms in total. The Morgan fingerprint density at radius 3 is 2.11 bits per heavy atom. The first-order valence-electron chi connectivity index (χ1n) is 8.55. The Labute approximate surface area is 119 Å². The highest BCUT2D eigenvalue weighted by atomic mass is 15.2. The van der Waals surface area contributed by atoms with Gasteiger partial charge in [0.05, 0.1) is 0 Å². The van der Waals surface area contributed by atoms with E-state index in [0.717, 1.165) is 23.8 Å². The molecule has 110 valence electrons. The number of rotatable bonds is 3. The Bertz CT molecular complexity index is 292. The van der Waals surface area contributed by atoms with E-state index in [-0.39, 0.29) is 0 Å². The molecule has 0 aromatic rings. The van der Waals surface area contributed by atoms with Gasteiger partial charge in [-0.25, -0.2) is 0 Å². The molecule has 2 aliphatic heterocycles. The lowest BCUT2D eigenvalue weighted by Crippen LogP contribution is -2.40. The Morgan fingerprint density at radius 2 is 1.58 bits per heavy atom. The number of fused-ring (bicyclic) bond motifs is 1. The highest BCUT2D eigenvalue weighted by molar-refractivity contribution is 4.95. The minimum atomic E-state index is 0.566. The van der Waals surface area contributed by atoms with Crippen LogP contribution in [0.4, 0.5) is 0 Å². The van der Waals surface area contributed by atoms with Crippen molar-refractivity contribution in [3.05, 3.63) is 0 Å². The van der Waals surface area contributed by atoms with Gasteiger partial charge in [-0.2, -0.15) is 0 Å². The second-order valence-corrected chi connectivity index (χ2v) is 7.98. The third-order valence-electron chi connectivity index (χ3n) is 6.65. The average Bonchev–Trinajstić information content (AvgIpc) is 2.99. The molecule has 19 heavy (non-hydrogen) atoms. The summed E-state index contributed by atoms with van der Waals surface area (Å²) in [6.07, 6.45) is 7.19. The Morgan fingerprint density at radius 1 is 1.00 bits per heavy atom. The number of hydrogen-bond donors (Lipinski definition) is 1. The van der Waals surface area contributed by atoms with Crippen molar-refractivity contribution in [2.75, 3.05) is 26.2 Å². The highest BCUT2D eigenvalue weighted by Crippen LogP contribution is 2.42. The molecule has 1 saturated carbocycles. The number of likely N-dealkylation sites (tertiary alicyclic amines) is 1. The molecule has 0 radical (unpaired) electrons. The van der Waals surface area contributed by atoms with E-state index in [2.05, 4.69) is 31.0 Å². The standard InChI is InChI=1S/C17H32N2/c1-4-17(2,3)15-5-7-16(8-6-15)19-11-13-9-18-10-14(13)12-19/h13-16,18H,4-12H2,1-3H3/t13-,14+,15?,16?. The van der Waals surface area contributed by atoms with Crippen LogP contribution in [0.3, 0.4) is 0 Å². The lowest BCUT2D eigenvalue weighted by atomic mass is 9.68. The van der Waals surface area contributed by atoms with E-state index in [1.54, 1.807) is 0 Å². The van der Waals surface area contributed by atoms with Crippen molar-refractivity contribution in [3.8, 4) is 0 Å². The summed E-state index contributed by atoms with van der Waals surface area (Å²) < 4.78 is 0. The fourth-order valence-electron chi connectivity index (χ4n) is 4.70. The maximum Gasteiger partial charge on any atom is 0.00957 e. The number of nitrogens with zero attached hydrogens (tertiary/aromatic N) is 1.